The molecule has 3 rings (SSSR count). The van der Waals surface area contributed by atoms with Crippen LogP contribution in [0.15, 0.2) is 64.1 Å². The number of halogens is 4. The standard InChI is InChI=1S/C21H21BrF3N5O3S/c1-13(12-31)28-19-18(22)11-26-20(30-19)29-16-6-8-17(9-7-16)34(32,33)27-10-14-2-4-15(5-3-14)21(23,24)25/h2-9,11,13,27,31H,10,12H2,1H3,(H2,26,28,29,30)/t13-/m1/s1. The maximum absolute atomic E-state index is 12.6. The third-order valence-corrected chi connectivity index (χ3v) is 6.57. The Labute approximate surface area is 202 Å². The number of benzene rings is 2. The first-order valence-corrected chi connectivity index (χ1v) is 12.2. The van der Waals surface area contributed by atoms with Gasteiger partial charge >= 0.3 is 6.18 Å². The van der Waals surface area contributed by atoms with Crippen molar-refractivity contribution in [2.75, 3.05) is 17.2 Å². The molecule has 34 heavy (non-hydrogen) atoms. The third kappa shape index (κ3) is 6.88. The molecule has 0 spiro atoms. The van der Waals surface area contributed by atoms with Crippen molar-refractivity contribution in [3.63, 3.8) is 0 Å². The predicted octanol–water partition coefficient (Wildman–Crippen LogP) is 4.27. The number of aliphatic hydroxyl groups is 1. The molecule has 3 aromatic rings. The molecule has 0 saturated carbocycles. The van der Waals surface area contributed by atoms with E-state index in [9.17, 15) is 26.7 Å². The molecule has 0 bridgehead atoms. The number of aromatic nitrogens is 2. The number of hydrogen-bond donors (Lipinski definition) is 4. The number of sulfonamides is 1. The largest absolute Gasteiger partial charge is 0.416 e. The van der Waals surface area contributed by atoms with Gasteiger partial charge in [-0.25, -0.2) is 18.1 Å². The molecule has 1 atom stereocenters. The summed E-state index contributed by atoms with van der Waals surface area (Å²) >= 11 is 3.33. The summed E-state index contributed by atoms with van der Waals surface area (Å²) in [6, 6.07) is 9.84. The Hall–Kier alpha value is -2.74. The Balaban J connectivity index is 1.65. The van der Waals surface area contributed by atoms with Gasteiger partial charge in [0, 0.05) is 24.5 Å². The minimum atomic E-state index is -4.45. The lowest BCUT2D eigenvalue weighted by Gasteiger charge is -2.14. The first-order valence-electron chi connectivity index (χ1n) is 9.91. The monoisotopic (exact) mass is 559 g/mol. The molecule has 182 valence electrons. The minimum Gasteiger partial charge on any atom is -0.394 e. The summed E-state index contributed by atoms with van der Waals surface area (Å²) in [6.45, 7) is 1.55. The van der Waals surface area contributed by atoms with Crippen LogP contribution in [0.4, 0.5) is 30.6 Å². The van der Waals surface area contributed by atoms with E-state index >= 15 is 0 Å². The molecule has 0 unspecified atom stereocenters. The fourth-order valence-electron chi connectivity index (χ4n) is 2.73. The molecule has 0 fully saturated rings. The van der Waals surface area contributed by atoms with Crippen LogP contribution in [0.25, 0.3) is 0 Å². The van der Waals surface area contributed by atoms with Gasteiger partial charge in [-0.1, -0.05) is 12.1 Å². The van der Waals surface area contributed by atoms with E-state index in [-0.39, 0.29) is 30.0 Å². The van der Waals surface area contributed by atoms with Crippen molar-refractivity contribution in [1.82, 2.24) is 14.7 Å². The smallest absolute Gasteiger partial charge is 0.394 e. The van der Waals surface area contributed by atoms with Gasteiger partial charge in [0.05, 0.1) is 21.5 Å². The van der Waals surface area contributed by atoms with Crippen molar-refractivity contribution in [1.29, 1.82) is 0 Å². The van der Waals surface area contributed by atoms with Crippen molar-refractivity contribution in [3.8, 4) is 0 Å². The molecule has 13 heteroatoms. The van der Waals surface area contributed by atoms with E-state index in [0.717, 1.165) is 12.1 Å². The van der Waals surface area contributed by atoms with Gasteiger partial charge in [0.1, 0.15) is 5.82 Å². The van der Waals surface area contributed by atoms with Crippen molar-refractivity contribution >= 4 is 43.4 Å². The highest BCUT2D eigenvalue weighted by Gasteiger charge is 2.30. The molecular weight excluding hydrogens is 539 g/mol. The number of hydrogen-bond acceptors (Lipinski definition) is 7. The highest BCUT2D eigenvalue weighted by molar-refractivity contribution is 9.10. The van der Waals surface area contributed by atoms with E-state index in [1.165, 1.54) is 42.6 Å². The van der Waals surface area contributed by atoms with E-state index in [0.29, 0.717) is 21.5 Å². The fourth-order valence-corrected chi connectivity index (χ4v) is 4.05. The van der Waals surface area contributed by atoms with Crippen LogP contribution in [-0.4, -0.2) is 36.1 Å². The maximum Gasteiger partial charge on any atom is 0.416 e. The number of aliphatic hydroxyl groups excluding tert-OH is 1. The predicted molar refractivity (Wildman–Crippen MR) is 125 cm³/mol. The molecule has 2 aromatic carbocycles. The second-order valence-corrected chi connectivity index (χ2v) is 9.91. The Kier molecular flexibility index (Phi) is 8.13. The topological polar surface area (TPSA) is 116 Å². The minimum absolute atomic E-state index is 0.0131. The summed E-state index contributed by atoms with van der Waals surface area (Å²) < 4.78 is 66.0. The van der Waals surface area contributed by atoms with Crippen LogP contribution in [0.5, 0.6) is 0 Å². The molecule has 8 nitrogen and oxygen atoms in total. The summed E-state index contributed by atoms with van der Waals surface area (Å²) in [7, 11) is -3.89. The molecular formula is C21H21BrF3N5O3S. The van der Waals surface area contributed by atoms with Crippen LogP contribution < -0.4 is 15.4 Å². The average molecular weight is 560 g/mol. The number of nitrogens with zero attached hydrogens (tertiary/aromatic N) is 2. The van der Waals surface area contributed by atoms with Gasteiger partial charge in [0.25, 0.3) is 0 Å². The van der Waals surface area contributed by atoms with Gasteiger partial charge in [-0.15, -0.1) is 0 Å². The number of anilines is 3. The van der Waals surface area contributed by atoms with Gasteiger partial charge in [-0.2, -0.15) is 18.2 Å². The SMILES string of the molecule is C[C@H](CO)Nc1nc(Nc2ccc(S(=O)(=O)NCc3ccc(C(F)(F)F)cc3)cc2)ncc1Br. The maximum atomic E-state index is 12.6. The number of nitrogens with one attached hydrogen (secondary N) is 3. The zero-order valence-electron chi connectivity index (χ0n) is 17.8. The highest BCUT2D eigenvalue weighted by Crippen LogP contribution is 2.29. The molecule has 1 heterocycles. The molecule has 1 aromatic heterocycles. The van der Waals surface area contributed by atoms with Crippen LogP contribution in [0.3, 0.4) is 0 Å². The van der Waals surface area contributed by atoms with Gasteiger partial charge in [0.2, 0.25) is 16.0 Å². The second kappa shape index (κ2) is 10.7. The fraction of sp³-hybridized carbons (Fsp3) is 0.238. The van der Waals surface area contributed by atoms with Crippen molar-refractivity contribution in [2.45, 2.75) is 30.6 Å². The molecule has 0 saturated heterocycles. The Morgan fingerprint density at radius 2 is 1.74 bits per heavy atom. The van der Waals surface area contributed by atoms with Crippen LogP contribution >= 0.6 is 15.9 Å². The zero-order chi connectivity index (χ0) is 24.9. The van der Waals surface area contributed by atoms with Gasteiger partial charge < -0.3 is 15.7 Å². The summed E-state index contributed by atoms with van der Waals surface area (Å²) in [6.07, 6.45) is -2.92. The van der Waals surface area contributed by atoms with E-state index in [1.54, 1.807) is 6.92 Å². The molecule has 4 N–H and O–H groups in total. The first kappa shape index (κ1) is 25.9. The van der Waals surface area contributed by atoms with Crippen molar-refractivity contribution in [2.24, 2.45) is 0 Å². The van der Waals surface area contributed by atoms with E-state index in [2.05, 4.69) is 41.3 Å². The quantitative estimate of drug-likeness (QED) is 0.309. The molecule has 0 aliphatic heterocycles. The lowest BCUT2D eigenvalue weighted by molar-refractivity contribution is -0.137. The van der Waals surface area contributed by atoms with Crippen LogP contribution in [-0.2, 0) is 22.7 Å². The number of alkyl halides is 3. The van der Waals surface area contributed by atoms with Gasteiger partial charge in [0.15, 0.2) is 0 Å². The summed E-state index contributed by atoms with van der Waals surface area (Å²) in [4.78, 5) is 8.46. The van der Waals surface area contributed by atoms with Crippen molar-refractivity contribution in [3.05, 3.63) is 70.3 Å². The normalized spacial score (nSPS) is 12.9. The molecule has 0 amide bonds. The van der Waals surface area contributed by atoms with Gasteiger partial charge in [-0.3, -0.25) is 0 Å². The van der Waals surface area contributed by atoms with E-state index in [1.807, 2.05) is 0 Å². The van der Waals surface area contributed by atoms with Gasteiger partial charge in [-0.05, 0) is 64.8 Å². The lowest BCUT2D eigenvalue weighted by Crippen LogP contribution is -2.23. The average Bonchev–Trinajstić information content (AvgIpc) is 2.80. The first-order chi connectivity index (χ1) is 16.0. The zero-order valence-corrected chi connectivity index (χ0v) is 20.2. The molecule has 0 aliphatic carbocycles. The van der Waals surface area contributed by atoms with Crippen molar-refractivity contribution < 1.29 is 26.7 Å². The third-order valence-electron chi connectivity index (χ3n) is 4.57. The van der Waals surface area contributed by atoms with E-state index < -0.39 is 21.8 Å². The van der Waals surface area contributed by atoms with Crippen LogP contribution in [0.1, 0.15) is 18.1 Å². The highest BCUT2D eigenvalue weighted by atomic mass is 79.9. The molecule has 0 radical (unpaired) electrons. The Morgan fingerprint density at radius 3 is 2.32 bits per heavy atom. The van der Waals surface area contributed by atoms with Crippen LogP contribution in [0.2, 0.25) is 0 Å². The Morgan fingerprint density at radius 1 is 1.09 bits per heavy atom. The molecule has 0 aliphatic rings. The lowest BCUT2D eigenvalue weighted by atomic mass is 10.1. The second-order valence-electron chi connectivity index (χ2n) is 7.29. The number of rotatable bonds is 9. The summed E-state index contributed by atoms with van der Waals surface area (Å²) in [5.41, 5.74) is 0.120. The van der Waals surface area contributed by atoms with Crippen LogP contribution in [0, 0.1) is 0 Å². The summed E-state index contributed by atoms with van der Waals surface area (Å²) in [5.74, 6) is 0.734. The van der Waals surface area contributed by atoms with E-state index in [4.69, 9.17) is 0 Å². The Bertz CT molecular complexity index is 1220. The summed E-state index contributed by atoms with van der Waals surface area (Å²) in [5, 5.41) is 15.2.